The highest BCUT2D eigenvalue weighted by molar-refractivity contribution is 6.13. The standard InChI is InChI=1S/C21H21N3/c1-21(2,3)18-14-23-19(15-22-18)24-20(16-10-6-4-7-11-16)17-12-8-5-9-13-17/h4-15H,1-3H3. The molecule has 0 amide bonds. The van der Waals surface area contributed by atoms with E-state index in [1.807, 2.05) is 42.6 Å². The van der Waals surface area contributed by atoms with Crippen LogP contribution >= 0.6 is 0 Å². The van der Waals surface area contributed by atoms with E-state index < -0.39 is 0 Å². The first-order chi connectivity index (χ1) is 11.5. The van der Waals surface area contributed by atoms with E-state index in [-0.39, 0.29) is 5.41 Å². The molecule has 1 aromatic heterocycles. The first-order valence-corrected chi connectivity index (χ1v) is 8.06. The lowest BCUT2D eigenvalue weighted by molar-refractivity contribution is 0.565. The van der Waals surface area contributed by atoms with Gasteiger partial charge in [-0.15, -0.1) is 0 Å². The van der Waals surface area contributed by atoms with Crippen molar-refractivity contribution in [1.29, 1.82) is 0 Å². The van der Waals surface area contributed by atoms with Gasteiger partial charge in [-0.05, 0) is 0 Å². The zero-order valence-electron chi connectivity index (χ0n) is 14.3. The van der Waals surface area contributed by atoms with Crippen molar-refractivity contribution in [3.05, 3.63) is 89.9 Å². The summed E-state index contributed by atoms with van der Waals surface area (Å²) in [7, 11) is 0. The lowest BCUT2D eigenvalue weighted by Gasteiger charge is -2.16. The SMILES string of the molecule is CC(C)(C)c1cnc(N=C(c2ccccc2)c2ccccc2)cn1. The summed E-state index contributed by atoms with van der Waals surface area (Å²) < 4.78 is 0. The molecular weight excluding hydrogens is 294 g/mol. The molecule has 2 aromatic carbocycles. The third-order valence-corrected chi connectivity index (χ3v) is 3.73. The molecule has 0 unspecified atom stereocenters. The van der Waals surface area contributed by atoms with Gasteiger partial charge < -0.3 is 0 Å². The summed E-state index contributed by atoms with van der Waals surface area (Å²) in [5, 5.41) is 0. The Morgan fingerprint density at radius 1 is 0.750 bits per heavy atom. The molecule has 3 heteroatoms. The Kier molecular flexibility index (Phi) is 4.52. The maximum Gasteiger partial charge on any atom is 0.171 e. The molecule has 0 aliphatic carbocycles. The summed E-state index contributed by atoms with van der Waals surface area (Å²) in [6.45, 7) is 6.37. The quantitative estimate of drug-likeness (QED) is 0.642. The summed E-state index contributed by atoms with van der Waals surface area (Å²) in [6.07, 6.45) is 3.55. The van der Waals surface area contributed by atoms with E-state index in [1.165, 1.54) is 0 Å². The van der Waals surface area contributed by atoms with Crippen LogP contribution in [0.4, 0.5) is 5.82 Å². The molecule has 1 heterocycles. The average Bonchev–Trinajstić information content (AvgIpc) is 2.61. The van der Waals surface area contributed by atoms with Crippen LogP contribution < -0.4 is 0 Å². The molecule has 0 spiro atoms. The van der Waals surface area contributed by atoms with Gasteiger partial charge in [0, 0.05) is 16.5 Å². The van der Waals surface area contributed by atoms with Crippen LogP contribution in [-0.2, 0) is 5.41 Å². The van der Waals surface area contributed by atoms with Gasteiger partial charge in [-0.25, -0.2) is 9.98 Å². The zero-order chi connectivity index (χ0) is 17.0. The van der Waals surface area contributed by atoms with Crippen molar-refractivity contribution >= 4 is 11.5 Å². The van der Waals surface area contributed by atoms with Gasteiger partial charge in [0.05, 0.1) is 23.8 Å². The highest BCUT2D eigenvalue weighted by Gasteiger charge is 2.15. The number of hydrogen-bond donors (Lipinski definition) is 0. The molecular formula is C21H21N3. The van der Waals surface area contributed by atoms with Crippen molar-refractivity contribution in [3.8, 4) is 0 Å². The van der Waals surface area contributed by atoms with E-state index in [9.17, 15) is 0 Å². The van der Waals surface area contributed by atoms with Gasteiger partial charge >= 0.3 is 0 Å². The molecule has 0 bridgehead atoms. The van der Waals surface area contributed by atoms with Gasteiger partial charge in [0.1, 0.15) is 0 Å². The summed E-state index contributed by atoms with van der Waals surface area (Å²) in [6, 6.07) is 20.3. The monoisotopic (exact) mass is 315 g/mol. The second-order valence-corrected chi connectivity index (χ2v) is 6.70. The molecule has 24 heavy (non-hydrogen) atoms. The molecule has 0 atom stereocenters. The van der Waals surface area contributed by atoms with Crippen LogP contribution in [0, 0.1) is 0 Å². The minimum absolute atomic E-state index is 0.0169. The summed E-state index contributed by atoms with van der Waals surface area (Å²) in [5.41, 5.74) is 3.96. The lowest BCUT2D eigenvalue weighted by atomic mass is 9.93. The van der Waals surface area contributed by atoms with Gasteiger partial charge in [0.2, 0.25) is 0 Å². The Hall–Kier alpha value is -2.81. The van der Waals surface area contributed by atoms with E-state index >= 15 is 0 Å². The number of aliphatic imine (C=N–C) groups is 1. The first kappa shape index (κ1) is 16.1. The van der Waals surface area contributed by atoms with Gasteiger partial charge in [0.25, 0.3) is 0 Å². The van der Waals surface area contributed by atoms with E-state index in [4.69, 9.17) is 4.99 Å². The van der Waals surface area contributed by atoms with Crippen LogP contribution in [0.1, 0.15) is 37.6 Å². The highest BCUT2D eigenvalue weighted by Crippen LogP contribution is 2.21. The third-order valence-electron chi connectivity index (χ3n) is 3.73. The fourth-order valence-corrected chi connectivity index (χ4v) is 2.37. The highest BCUT2D eigenvalue weighted by atomic mass is 14.9. The number of nitrogens with zero attached hydrogens (tertiary/aromatic N) is 3. The predicted octanol–water partition coefficient (Wildman–Crippen LogP) is 4.94. The van der Waals surface area contributed by atoms with E-state index in [0.29, 0.717) is 5.82 Å². The van der Waals surface area contributed by atoms with Gasteiger partial charge in [-0.1, -0.05) is 81.4 Å². The molecule has 0 saturated heterocycles. The van der Waals surface area contributed by atoms with Crippen LogP contribution in [0.15, 0.2) is 78.0 Å². The number of hydrogen-bond acceptors (Lipinski definition) is 3. The second-order valence-electron chi connectivity index (χ2n) is 6.70. The molecule has 3 rings (SSSR count). The molecule has 0 radical (unpaired) electrons. The molecule has 0 aliphatic rings. The number of benzene rings is 2. The van der Waals surface area contributed by atoms with Gasteiger partial charge in [0.15, 0.2) is 5.82 Å². The van der Waals surface area contributed by atoms with Crippen LogP contribution in [0.25, 0.3) is 0 Å². The Morgan fingerprint density at radius 2 is 1.29 bits per heavy atom. The Balaban J connectivity index is 2.04. The van der Waals surface area contributed by atoms with Crippen LogP contribution in [-0.4, -0.2) is 15.7 Å². The first-order valence-electron chi connectivity index (χ1n) is 8.06. The van der Waals surface area contributed by atoms with Crippen molar-refractivity contribution in [2.24, 2.45) is 4.99 Å². The summed E-state index contributed by atoms with van der Waals surface area (Å²) >= 11 is 0. The van der Waals surface area contributed by atoms with Crippen molar-refractivity contribution in [2.45, 2.75) is 26.2 Å². The summed E-state index contributed by atoms with van der Waals surface area (Å²) in [5.74, 6) is 0.616. The maximum atomic E-state index is 4.77. The van der Waals surface area contributed by atoms with Crippen molar-refractivity contribution in [1.82, 2.24) is 9.97 Å². The van der Waals surface area contributed by atoms with Crippen molar-refractivity contribution < 1.29 is 0 Å². The fraction of sp³-hybridized carbons (Fsp3) is 0.190. The molecule has 0 N–H and O–H groups in total. The van der Waals surface area contributed by atoms with E-state index in [2.05, 4.69) is 55.0 Å². The fourth-order valence-electron chi connectivity index (χ4n) is 2.37. The molecule has 0 aliphatic heterocycles. The van der Waals surface area contributed by atoms with Crippen molar-refractivity contribution in [2.75, 3.05) is 0 Å². The van der Waals surface area contributed by atoms with E-state index in [1.54, 1.807) is 6.20 Å². The smallest absolute Gasteiger partial charge is 0.171 e. The largest absolute Gasteiger partial charge is 0.255 e. The Bertz CT molecular complexity index is 773. The van der Waals surface area contributed by atoms with Gasteiger partial charge in [-0.3, -0.25) is 4.98 Å². The minimum atomic E-state index is -0.0169. The predicted molar refractivity (Wildman–Crippen MR) is 98.9 cm³/mol. The van der Waals surface area contributed by atoms with Crippen LogP contribution in [0.2, 0.25) is 0 Å². The number of aromatic nitrogens is 2. The normalized spacial score (nSPS) is 11.1. The van der Waals surface area contributed by atoms with Gasteiger partial charge in [-0.2, -0.15) is 0 Å². The van der Waals surface area contributed by atoms with Crippen LogP contribution in [0.5, 0.6) is 0 Å². The molecule has 0 fully saturated rings. The van der Waals surface area contributed by atoms with E-state index in [0.717, 1.165) is 22.5 Å². The average molecular weight is 315 g/mol. The molecule has 3 nitrogen and oxygen atoms in total. The Labute approximate surface area is 143 Å². The second kappa shape index (κ2) is 6.75. The molecule has 120 valence electrons. The van der Waals surface area contributed by atoms with Crippen LogP contribution in [0.3, 0.4) is 0 Å². The maximum absolute atomic E-state index is 4.77. The minimum Gasteiger partial charge on any atom is -0.255 e. The summed E-state index contributed by atoms with van der Waals surface area (Å²) in [4.78, 5) is 13.8. The zero-order valence-corrected chi connectivity index (χ0v) is 14.3. The molecule has 3 aromatic rings. The third kappa shape index (κ3) is 3.74. The lowest BCUT2D eigenvalue weighted by Crippen LogP contribution is -2.13. The topological polar surface area (TPSA) is 38.1 Å². The number of rotatable bonds is 3. The molecule has 0 saturated carbocycles. The Morgan fingerprint density at radius 3 is 1.71 bits per heavy atom. The van der Waals surface area contributed by atoms with Crippen molar-refractivity contribution in [3.63, 3.8) is 0 Å².